The first kappa shape index (κ1) is 16.3. The van der Waals surface area contributed by atoms with Crippen LogP contribution in [-0.4, -0.2) is 46.9 Å². The Morgan fingerprint density at radius 3 is 2.72 bits per heavy atom. The molecule has 1 amide bonds. The molecule has 1 saturated heterocycles. The smallest absolute Gasteiger partial charge is 0.251 e. The van der Waals surface area contributed by atoms with Gasteiger partial charge in [-0.05, 0) is 48.3 Å². The van der Waals surface area contributed by atoms with Crippen LogP contribution in [0.1, 0.15) is 30.9 Å². The molecule has 0 spiro atoms. The molecule has 1 aromatic carbocycles. The fourth-order valence-corrected chi connectivity index (χ4v) is 3.61. The lowest BCUT2D eigenvalue weighted by molar-refractivity contribution is -0.136. The van der Waals surface area contributed by atoms with Gasteiger partial charge in [0.2, 0.25) is 5.91 Å². The SMILES string of the molecule is CCc1cc2ccc(CN3CCN(CC4CC4)C(=O)C3)cc2[nH]c1=O. The molecule has 1 aliphatic heterocycles. The summed E-state index contributed by atoms with van der Waals surface area (Å²) < 4.78 is 0. The predicted octanol–water partition coefficient (Wildman–Crippen LogP) is 2.14. The van der Waals surface area contributed by atoms with Crippen molar-refractivity contribution in [2.24, 2.45) is 5.92 Å². The first-order valence-corrected chi connectivity index (χ1v) is 9.27. The maximum atomic E-state index is 12.3. The van der Waals surface area contributed by atoms with Crippen molar-refractivity contribution in [1.82, 2.24) is 14.8 Å². The maximum Gasteiger partial charge on any atom is 0.251 e. The molecular weight excluding hydrogens is 314 g/mol. The first-order valence-electron chi connectivity index (χ1n) is 9.27. The Morgan fingerprint density at radius 2 is 2.00 bits per heavy atom. The Balaban J connectivity index is 1.45. The molecule has 0 unspecified atom stereocenters. The van der Waals surface area contributed by atoms with E-state index in [1.807, 2.05) is 24.0 Å². The number of hydrogen-bond donors (Lipinski definition) is 1. The van der Waals surface area contributed by atoms with E-state index < -0.39 is 0 Å². The molecule has 4 rings (SSSR count). The first-order chi connectivity index (χ1) is 12.1. The summed E-state index contributed by atoms with van der Waals surface area (Å²) in [6.45, 7) is 5.93. The molecule has 1 aromatic heterocycles. The summed E-state index contributed by atoms with van der Waals surface area (Å²) in [6.07, 6.45) is 3.30. The van der Waals surface area contributed by atoms with Crippen LogP contribution in [0, 0.1) is 5.92 Å². The second kappa shape index (κ2) is 6.64. The van der Waals surface area contributed by atoms with E-state index in [4.69, 9.17) is 0 Å². The van der Waals surface area contributed by atoms with Crippen molar-refractivity contribution in [2.45, 2.75) is 32.7 Å². The number of rotatable bonds is 5. The van der Waals surface area contributed by atoms with E-state index >= 15 is 0 Å². The molecule has 1 saturated carbocycles. The summed E-state index contributed by atoms with van der Waals surface area (Å²) in [7, 11) is 0. The maximum absolute atomic E-state index is 12.3. The van der Waals surface area contributed by atoms with E-state index in [9.17, 15) is 9.59 Å². The molecule has 1 N–H and O–H groups in total. The van der Waals surface area contributed by atoms with Gasteiger partial charge in [-0.25, -0.2) is 0 Å². The number of aromatic nitrogens is 1. The summed E-state index contributed by atoms with van der Waals surface area (Å²) in [4.78, 5) is 31.6. The number of aromatic amines is 1. The van der Waals surface area contributed by atoms with E-state index in [-0.39, 0.29) is 11.5 Å². The number of H-pyrrole nitrogens is 1. The number of carbonyl (C=O) groups excluding carboxylic acids is 1. The third kappa shape index (κ3) is 3.61. The predicted molar refractivity (Wildman–Crippen MR) is 98.5 cm³/mol. The molecule has 132 valence electrons. The second-order valence-corrected chi connectivity index (χ2v) is 7.39. The molecular formula is C20H25N3O2. The van der Waals surface area contributed by atoms with E-state index in [1.165, 1.54) is 12.8 Å². The van der Waals surface area contributed by atoms with E-state index in [1.54, 1.807) is 0 Å². The van der Waals surface area contributed by atoms with Crippen LogP contribution in [0.2, 0.25) is 0 Å². The Hall–Kier alpha value is -2.14. The van der Waals surface area contributed by atoms with Crippen LogP contribution >= 0.6 is 0 Å². The number of nitrogens with one attached hydrogen (secondary N) is 1. The number of amides is 1. The highest BCUT2D eigenvalue weighted by atomic mass is 16.2. The average Bonchev–Trinajstić information content (AvgIpc) is 3.41. The van der Waals surface area contributed by atoms with Crippen molar-refractivity contribution in [3.05, 3.63) is 45.7 Å². The minimum Gasteiger partial charge on any atom is -0.340 e. The highest BCUT2D eigenvalue weighted by Gasteiger charge is 2.30. The molecule has 25 heavy (non-hydrogen) atoms. The van der Waals surface area contributed by atoms with Crippen molar-refractivity contribution >= 4 is 16.8 Å². The monoisotopic (exact) mass is 339 g/mol. The molecule has 5 nitrogen and oxygen atoms in total. The fourth-order valence-electron chi connectivity index (χ4n) is 3.61. The number of piperazine rings is 1. The van der Waals surface area contributed by atoms with Gasteiger partial charge >= 0.3 is 0 Å². The zero-order valence-electron chi connectivity index (χ0n) is 14.8. The van der Waals surface area contributed by atoms with E-state index in [0.29, 0.717) is 6.54 Å². The summed E-state index contributed by atoms with van der Waals surface area (Å²) in [5.41, 5.74) is 2.82. The molecule has 2 fully saturated rings. The van der Waals surface area contributed by atoms with Crippen LogP contribution in [0.25, 0.3) is 10.9 Å². The van der Waals surface area contributed by atoms with Crippen LogP contribution in [0.15, 0.2) is 29.1 Å². The molecule has 0 atom stereocenters. The number of aryl methyl sites for hydroxylation is 1. The topological polar surface area (TPSA) is 56.4 Å². The van der Waals surface area contributed by atoms with Crippen LogP contribution in [0.3, 0.4) is 0 Å². The van der Waals surface area contributed by atoms with E-state index in [2.05, 4.69) is 22.0 Å². The molecule has 0 radical (unpaired) electrons. The third-order valence-electron chi connectivity index (χ3n) is 5.35. The van der Waals surface area contributed by atoms with Gasteiger partial charge in [-0.2, -0.15) is 0 Å². The van der Waals surface area contributed by atoms with Gasteiger partial charge in [0.1, 0.15) is 0 Å². The van der Waals surface area contributed by atoms with Crippen LogP contribution in [-0.2, 0) is 17.8 Å². The van der Waals surface area contributed by atoms with E-state index in [0.717, 1.165) is 60.5 Å². The third-order valence-corrected chi connectivity index (χ3v) is 5.35. The van der Waals surface area contributed by atoms with Crippen LogP contribution in [0.5, 0.6) is 0 Å². The standard InChI is InChI=1S/C20H25N3O2/c1-2-16-10-17-6-5-15(9-18(17)21-20(16)25)11-22-7-8-23(19(24)13-22)12-14-3-4-14/h5-6,9-10,14H,2-4,7-8,11-13H2,1H3,(H,21,25). The van der Waals surface area contributed by atoms with Crippen LogP contribution in [0.4, 0.5) is 0 Å². The Labute approximate surface area is 147 Å². The summed E-state index contributed by atoms with van der Waals surface area (Å²) >= 11 is 0. The van der Waals surface area contributed by atoms with Crippen molar-refractivity contribution in [2.75, 3.05) is 26.2 Å². The van der Waals surface area contributed by atoms with Gasteiger partial charge in [0, 0.05) is 37.3 Å². The highest BCUT2D eigenvalue weighted by molar-refractivity contribution is 5.80. The second-order valence-electron chi connectivity index (χ2n) is 7.39. The number of benzene rings is 1. The molecule has 1 aliphatic carbocycles. The minimum atomic E-state index is -0.00369. The lowest BCUT2D eigenvalue weighted by atomic mass is 10.1. The van der Waals surface area contributed by atoms with Crippen molar-refractivity contribution in [1.29, 1.82) is 0 Å². The lowest BCUT2D eigenvalue weighted by Crippen LogP contribution is -2.50. The van der Waals surface area contributed by atoms with Gasteiger partial charge in [-0.15, -0.1) is 0 Å². The molecule has 2 aromatic rings. The number of nitrogens with zero attached hydrogens (tertiary/aromatic N) is 2. The number of hydrogen-bond acceptors (Lipinski definition) is 3. The Morgan fingerprint density at radius 1 is 1.16 bits per heavy atom. The van der Waals surface area contributed by atoms with Crippen LogP contribution < -0.4 is 5.56 Å². The zero-order chi connectivity index (χ0) is 17.4. The van der Waals surface area contributed by atoms with Gasteiger partial charge < -0.3 is 9.88 Å². The molecule has 2 aliphatic rings. The van der Waals surface area contributed by atoms with Crippen molar-refractivity contribution in [3.63, 3.8) is 0 Å². The van der Waals surface area contributed by atoms with Gasteiger partial charge in [0.15, 0.2) is 0 Å². The number of carbonyl (C=O) groups is 1. The molecule has 5 heteroatoms. The summed E-state index contributed by atoms with van der Waals surface area (Å²) in [6, 6.07) is 8.17. The Kier molecular flexibility index (Phi) is 4.34. The minimum absolute atomic E-state index is 0.00369. The largest absolute Gasteiger partial charge is 0.340 e. The normalized spacial score (nSPS) is 18.9. The number of fused-ring (bicyclic) bond motifs is 1. The summed E-state index contributed by atoms with van der Waals surface area (Å²) in [5, 5.41) is 1.06. The Bertz CT molecular complexity index is 854. The average molecular weight is 339 g/mol. The van der Waals surface area contributed by atoms with Crippen molar-refractivity contribution in [3.8, 4) is 0 Å². The fraction of sp³-hybridized carbons (Fsp3) is 0.500. The highest BCUT2D eigenvalue weighted by Crippen LogP contribution is 2.30. The molecule has 0 bridgehead atoms. The van der Waals surface area contributed by atoms with Gasteiger partial charge in [-0.1, -0.05) is 19.1 Å². The molecule has 2 heterocycles. The van der Waals surface area contributed by atoms with Gasteiger partial charge in [0.25, 0.3) is 5.56 Å². The zero-order valence-corrected chi connectivity index (χ0v) is 14.8. The summed E-state index contributed by atoms with van der Waals surface area (Å²) in [5.74, 6) is 1.00. The quantitative estimate of drug-likeness (QED) is 0.908. The lowest BCUT2D eigenvalue weighted by Gasteiger charge is -2.34. The van der Waals surface area contributed by atoms with Crippen molar-refractivity contribution < 1.29 is 4.79 Å². The number of pyridine rings is 1. The van der Waals surface area contributed by atoms with Gasteiger partial charge in [0.05, 0.1) is 6.54 Å². The van der Waals surface area contributed by atoms with Gasteiger partial charge in [-0.3, -0.25) is 14.5 Å².